The van der Waals surface area contributed by atoms with Crippen LogP contribution in [0.15, 0.2) is 60.8 Å². The van der Waals surface area contributed by atoms with Gasteiger partial charge in [-0.1, -0.05) is 86.9 Å². The Morgan fingerprint density at radius 3 is 2.18 bits per heavy atom. The van der Waals surface area contributed by atoms with Crippen LogP contribution >= 0.6 is 0 Å². The Morgan fingerprint density at radius 1 is 0.929 bits per heavy atom. The fraction of sp³-hybridized carbons (Fsp3) is 0.500. The van der Waals surface area contributed by atoms with Crippen LogP contribution < -0.4 is 5.11 Å². The summed E-state index contributed by atoms with van der Waals surface area (Å²) >= 11 is 0. The highest BCUT2D eigenvalue weighted by molar-refractivity contribution is 5.64. The van der Waals surface area contributed by atoms with Crippen LogP contribution in [-0.2, 0) is 14.6 Å². The molecular formula is C22H33O6-. The zero-order valence-electron chi connectivity index (χ0n) is 16.6. The van der Waals surface area contributed by atoms with E-state index in [4.69, 9.17) is 10.5 Å². The standard InChI is InChI=1S/C22H34O6/c1-2-3-10-15-20(27-25)17-12-8-9-13-18-21(28-26)16-11-6-4-5-7-14-19-22(23)24/h5-9,11-13,17-18,20-21,25-26H,2-4,10,14-16,19H2,1H3,(H,23,24)/p-1/b7-5-,9-8-,11-6-,17-12+,18-13-/t20-,21?/m0/s1. The third-order valence-corrected chi connectivity index (χ3v) is 3.84. The molecule has 0 spiro atoms. The zero-order chi connectivity index (χ0) is 20.9. The average Bonchev–Trinajstić information content (AvgIpc) is 2.69. The lowest BCUT2D eigenvalue weighted by atomic mass is 10.1. The number of allylic oxidation sites excluding steroid dienone is 7. The molecule has 0 bridgehead atoms. The number of carbonyl (C=O) groups excluding carboxylic acids is 1. The van der Waals surface area contributed by atoms with E-state index in [0.717, 1.165) is 25.7 Å². The second-order valence-electron chi connectivity index (χ2n) is 6.26. The lowest BCUT2D eigenvalue weighted by Crippen LogP contribution is -2.21. The molecule has 6 heteroatoms. The summed E-state index contributed by atoms with van der Waals surface area (Å²) in [6.45, 7) is 2.12. The van der Waals surface area contributed by atoms with Gasteiger partial charge in [-0.05, 0) is 32.1 Å². The van der Waals surface area contributed by atoms with Crippen molar-refractivity contribution in [1.29, 1.82) is 0 Å². The van der Waals surface area contributed by atoms with Gasteiger partial charge in [0.1, 0.15) is 12.2 Å². The summed E-state index contributed by atoms with van der Waals surface area (Å²) in [5, 5.41) is 28.0. The second kappa shape index (κ2) is 19.8. The monoisotopic (exact) mass is 393 g/mol. The van der Waals surface area contributed by atoms with Gasteiger partial charge >= 0.3 is 0 Å². The summed E-state index contributed by atoms with van der Waals surface area (Å²) in [6, 6.07) is 0. The van der Waals surface area contributed by atoms with Crippen LogP contribution in [-0.4, -0.2) is 28.7 Å². The highest BCUT2D eigenvalue weighted by Crippen LogP contribution is 2.07. The van der Waals surface area contributed by atoms with Crippen molar-refractivity contribution in [3.63, 3.8) is 0 Å². The fourth-order valence-electron chi connectivity index (χ4n) is 2.26. The highest BCUT2D eigenvalue weighted by atomic mass is 17.1. The van der Waals surface area contributed by atoms with Gasteiger partial charge in [-0.2, -0.15) is 0 Å². The molecule has 0 heterocycles. The third kappa shape index (κ3) is 17.4. The van der Waals surface area contributed by atoms with Gasteiger partial charge in [0.05, 0.1) is 0 Å². The van der Waals surface area contributed by atoms with E-state index in [1.54, 1.807) is 36.5 Å². The van der Waals surface area contributed by atoms with Gasteiger partial charge in [0.25, 0.3) is 0 Å². The molecule has 28 heavy (non-hydrogen) atoms. The van der Waals surface area contributed by atoms with Crippen LogP contribution in [0.4, 0.5) is 0 Å². The molecular weight excluding hydrogens is 360 g/mol. The van der Waals surface area contributed by atoms with E-state index in [1.807, 2.05) is 24.3 Å². The Kier molecular flexibility index (Phi) is 18.4. The summed E-state index contributed by atoms with van der Waals surface area (Å²) in [4.78, 5) is 19.1. The van der Waals surface area contributed by atoms with E-state index in [0.29, 0.717) is 19.3 Å². The molecule has 0 aliphatic heterocycles. The first-order chi connectivity index (χ1) is 13.6. The Hall–Kier alpha value is -1.99. The molecule has 2 N–H and O–H groups in total. The van der Waals surface area contributed by atoms with Gasteiger partial charge in [-0.15, -0.1) is 0 Å². The SMILES string of the molecule is CCCCC[C@@H](/C=C/C=C\C=C/C(C/C=C\C/C=C\CCC(=O)[O-])OO)OO. The summed E-state index contributed by atoms with van der Waals surface area (Å²) in [7, 11) is 0. The number of carboxylic acids is 1. The molecule has 6 nitrogen and oxygen atoms in total. The Morgan fingerprint density at radius 2 is 1.57 bits per heavy atom. The predicted octanol–water partition coefficient (Wildman–Crippen LogP) is 4.37. The molecule has 0 rings (SSSR count). The van der Waals surface area contributed by atoms with Crippen molar-refractivity contribution in [3.05, 3.63) is 60.8 Å². The van der Waals surface area contributed by atoms with Crippen molar-refractivity contribution in [2.75, 3.05) is 0 Å². The number of hydrogen-bond donors (Lipinski definition) is 2. The van der Waals surface area contributed by atoms with Crippen molar-refractivity contribution < 1.29 is 30.2 Å². The molecule has 0 aliphatic rings. The maximum atomic E-state index is 10.3. The average molecular weight is 394 g/mol. The van der Waals surface area contributed by atoms with E-state index < -0.39 is 12.1 Å². The predicted molar refractivity (Wildman–Crippen MR) is 108 cm³/mol. The fourth-order valence-corrected chi connectivity index (χ4v) is 2.26. The van der Waals surface area contributed by atoms with Crippen molar-refractivity contribution >= 4 is 5.97 Å². The van der Waals surface area contributed by atoms with Crippen LogP contribution in [0.25, 0.3) is 0 Å². The van der Waals surface area contributed by atoms with Gasteiger partial charge in [-0.3, -0.25) is 10.5 Å². The summed E-state index contributed by atoms with van der Waals surface area (Å²) in [5.41, 5.74) is 0. The summed E-state index contributed by atoms with van der Waals surface area (Å²) in [6.07, 6.45) is 23.2. The first-order valence-corrected chi connectivity index (χ1v) is 9.75. The van der Waals surface area contributed by atoms with E-state index >= 15 is 0 Å². The molecule has 1 unspecified atom stereocenters. The summed E-state index contributed by atoms with van der Waals surface area (Å²) < 4.78 is 0. The van der Waals surface area contributed by atoms with Crippen LogP contribution in [0.2, 0.25) is 0 Å². The van der Waals surface area contributed by atoms with Gasteiger partial charge < -0.3 is 9.90 Å². The van der Waals surface area contributed by atoms with Crippen molar-refractivity contribution in [1.82, 2.24) is 0 Å². The topological polar surface area (TPSA) is 99.1 Å². The molecule has 0 saturated carbocycles. The van der Waals surface area contributed by atoms with Crippen LogP contribution in [0.3, 0.4) is 0 Å². The number of carboxylic acid groups (broad SMARTS) is 1. The minimum absolute atomic E-state index is 0.0285. The molecule has 0 saturated heterocycles. The Balaban J connectivity index is 4.10. The van der Waals surface area contributed by atoms with Crippen molar-refractivity contribution in [2.45, 2.75) is 70.5 Å². The highest BCUT2D eigenvalue weighted by Gasteiger charge is 2.02. The van der Waals surface area contributed by atoms with E-state index in [9.17, 15) is 9.90 Å². The first kappa shape index (κ1) is 26.0. The molecule has 0 aromatic rings. The molecule has 0 radical (unpaired) electrons. The molecule has 0 amide bonds. The number of unbranched alkanes of at least 4 members (excludes halogenated alkanes) is 2. The third-order valence-electron chi connectivity index (χ3n) is 3.84. The van der Waals surface area contributed by atoms with Crippen molar-refractivity contribution in [3.8, 4) is 0 Å². The lowest BCUT2D eigenvalue weighted by molar-refractivity contribution is -0.305. The zero-order valence-corrected chi connectivity index (χ0v) is 16.6. The van der Waals surface area contributed by atoms with Crippen LogP contribution in [0.1, 0.15) is 58.3 Å². The van der Waals surface area contributed by atoms with Crippen LogP contribution in [0, 0.1) is 0 Å². The number of aliphatic carboxylic acids is 1. The van der Waals surface area contributed by atoms with Gasteiger partial charge in [-0.25, -0.2) is 9.78 Å². The van der Waals surface area contributed by atoms with E-state index in [1.165, 1.54) is 0 Å². The van der Waals surface area contributed by atoms with E-state index in [2.05, 4.69) is 16.7 Å². The molecule has 0 aromatic heterocycles. The largest absolute Gasteiger partial charge is 0.550 e. The number of carbonyl (C=O) groups is 1. The molecule has 158 valence electrons. The second-order valence-corrected chi connectivity index (χ2v) is 6.26. The van der Waals surface area contributed by atoms with Crippen molar-refractivity contribution in [2.24, 2.45) is 0 Å². The molecule has 0 fully saturated rings. The van der Waals surface area contributed by atoms with Gasteiger partial charge in [0.15, 0.2) is 0 Å². The van der Waals surface area contributed by atoms with E-state index in [-0.39, 0.29) is 12.5 Å². The minimum atomic E-state index is -1.05. The Bertz CT molecular complexity index is 519. The minimum Gasteiger partial charge on any atom is -0.550 e. The maximum absolute atomic E-state index is 10.3. The van der Waals surface area contributed by atoms with Crippen LogP contribution in [0.5, 0.6) is 0 Å². The van der Waals surface area contributed by atoms with Gasteiger partial charge in [0.2, 0.25) is 0 Å². The maximum Gasteiger partial charge on any atom is 0.115 e. The quantitative estimate of drug-likeness (QED) is 0.125. The number of rotatable bonds is 17. The first-order valence-electron chi connectivity index (χ1n) is 9.75. The lowest BCUT2D eigenvalue weighted by Gasteiger charge is -2.07. The Labute approximate surface area is 168 Å². The summed E-state index contributed by atoms with van der Waals surface area (Å²) in [5.74, 6) is -1.05. The number of hydrogen-bond acceptors (Lipinski definition) is 6. The van der Waals surface area contributed by atoms with Gasteiger partial charge in [0, 0.05) is 5.97 Å². The smallest absolute Gasteiger partial charge is 0.115 e. The molecule has 2 atom stereocenters. The normalized spacial score (nSPS) is 15.0. The molecule has 0 aromatic carbocycles. The molecule has 0 aliphatic carbocycles.